The first-order valence-electron chi connectivity index (χ1n) is 9.51. The Morgan fingerprint density at radius 3 is 2.48 bits per heavy atom. The largest absolute Gasteiger partial charge is 0.366 e. The van der Waals surface area contributed by atoms with Gasteiger partial charge in [0.1, 0.15) is 5.82 Å². The van der Waals surface area contributed by atoms with Gasteiger partial charge in [0.2, 0.25) is 0 Å². The average Bonchev–Trinajstić information content (AvgIpc) is 3.19. The third-order valence-electron chi connectivity index (χ3n) is 4.90. The highest BCUT2D eigenvalue weighted by atomic mass is 19.1. The Labute approximate surface area is 160 Å². The molecule has 0 aliphatic heterocycles. The minimum atomic E-state index is -0.369. The maximum Gasteiger partial charge on any atom is 0.123 e. The van der Waals surface area contributed by atoms with Gasteiger partial charge in [0.05, 0.1) is 24.6 Å². The number of hydrogen-bond acceptors (Lipinski definition) is 2. The van der Waals surface area contributed by atoms with E-state index in [0.717, 1.165) is 31.4 Å². The van der Waals surface area contributed by atoms with Gasteiger partial charge in [-0.25, -0.2) is 9.37 Å². The molecule has 2 aromatic carbocycles. The van der Waals surface area contributed by atoms with E-state index in [1.807, 2.05) is 42.9 Å². The molecule has 0 fully saturated rings. The normalized spacial score (nSPS) is 14.6. The predicted molar refractivity (Wildman–Crippen MR) is 106 cm³/mol. The van der Waals surface area contributed by atoms with E-state index in [1.165, 1.54) is 17.7 Å². The zero-order valence-electron chi connectivity index (χ0n) is 16.0. The fourth-order valence-electron chi connectivity index (χ4n) is 3.40. The number of hydrogen-bond donors (Lipinski definition) is 0. The van der Waals surface area contributed by atoms with Gasteiger partial charge in [-0.15, -0.1) is 0 Å². The summed E-state index contributed by atoms with van der Waals surface area (Å²) in [7, 11) is 0. The number of aromatic nitrogens is 2. The maximum atomic E-state index is 13.2. The van der Waals surface area contributed by atoms with E-state index in [9.17, 15) is 4.39 Å². The van der Waals surface area contributed by atoms with E-state index in [1.54, 1.807) is 6.20 Å². The minimum Gasteiger partial charge on any atom is -0.366 e. The second kappa shape index (κ2) is 8.96. The molecule has 1 heterocycles. The predicted octanol–water partition coefficient (Wildman–Crippen LogP) is 5.58. The van der Waals surface area contributed by atoms with Crippen LogP contribution in [0.1, 0.15) is 43.9 Å². The van der Waals surface area contributed by atoms with Crippen molar-refractivity contribution in [3.05, 3.63) is 90.3 Å². The SMILES string of the molecule is CCC(OC(C)(CCc1ccc(F)cc1)Cn1ccnc1)c1ccccc1. The second-order valence-electron chi connectivity index (χ2n) is 7.24. The maximum absolute atomic E-state index is 13.2. The smallest absolute Gasteiger partial charge is 0.123 e. The Morgan fingerprint density at radius 2 is 1.85 bits per heavy atom. The number of rotatable bonds is 9. The lowest BCUT2D eigenvalue weighted by atomic mass is 9.95. The van der Waals surface area contributed by atoms with Gasteiger partial charge in [0, 0.05) is 12.4 Å². The molecule has 0 aliphatic rings. The summed E-state index contributed by atoms with van der Waals surface area (Å²) < 4.78 is 21.9. The van der Waals surface area contributed by atoms with Gasteiger partial charge in [-0.3, -0.25) is 0 Å². The summed E-state index contributed by atoms with van der Waals surface area (Å²) in [6.07, 6.45) is 8.17. The molecule has 0 radical (unpaired) electrons. The van der Waals surface area contributed by atoms with Crippen LogP contribution in [0.2, 0.25) is 0 Å². The molecule has 3 aromatic rings. The molecule has 3 nitrogen and oxygen atoms in total. The van der Waals surface area contributed by atoms with Crippen LogP contribution in [-0.4, -0.2) is 15.2 Å². The summed E-state index contributed by atoms with van der Waals surface area (Å²) >= 11 is 0. The molecule has 0 spiro atoms. The van der Waals surface area contributed by atoms with E-state index in [2.05, 4.69) is 35.5 Å². The second-order valence-corrected chi connectivity index (χ2v) is 7.24. The molecule has 3 rings (SSSR count). The molecule has 27 heavy (non-hydrogen) atoms. The highest BCUT2D eigenvalue weighted by Gasteiger charge is 2.29. The van der Waals surface area contributed by atoms with Crippen LogP contribution in [0.15, 0.2) is 73.3 Å². The lowest BCUT2D eigenvalue weighted by molar-refractivity contribution is -0.100. The summed E-state index contributed by atoms with van der Waals surface area (Å²) in [5.41, 5.74) is 1.94. The van der Waals surface area contributed by atoms with Gasteiger partial charge in [0.25, 0.3) is 0 Å². The lowest BCUT2D eigenvalue weighted by Gasteiger charge is -2.35. The standard InChI is InChI=1S/C23H27FN2O/c1-3-22(20-7-5-4-6-8-20)27-23(2,17-26-16-15-25-18-26)14-13-19-9-11-21(24)12-10-19/h4-12,15-16,18,22H,3,13-14,17H2,1-2H3. The third-order valence-corrected chi connectivity index (χ3v) is 4.90. The molecule has 4 heteroatoms. The number of halogens is 1. The molecule has 2 atom stereocenters. The Morgan fingerprint density at radius 1 is 1.11 bits per heavy atom. The van der Waals surface area contributed by atoms with Gasteiger partial charge in [-0.1, -0.05) is 49.4 Å². The van der Waals surface area contributed by atoms with Crippen molar-refractivity contribution in [1.29, 1.82) is 0 Å². The first-order chi connectivity index (χ1) is 13.1. The third kappa shape index (κ3) is 5.51. The van der Waals surface area contributed by atoms with Gasteiger partial charge in [-0.05, 0) is 49.4 Å². The number of ether oxygens (including phenoxy) is 1. The average molecular weight is 366 g/mol. The van der Waals surface area contributed by atoms with Crippen molar-refractivity contribution in [3.8, 4) is 0 Å². The molecule has 0 N–H and O–H groups in total. The van der Waals surface area contributed by atoms with Crippen molar-refractivity contribution in [1.82, 2.24) is 9.55 Å². The molecule has 0 saturated heterocycles. The van der Waals surface area contributed by atoms with E-state index < -0.39 is 0 Å². The van der Waals surface area contributed by atoms with Crippen molar-refractivity contribution in [2.24, 2.45) is 0 Å². The molecule has 0 bridgehead atoms. The van der Waals surface area contributed by atoms with Gasteiger partial charge in [-0.2, -0.15) is 0 Å². The molecule has 1 aromatic heterocycles. The van der Waals surface area contributed by atoms with Crippen molar-refractivity contribution in [2.75, 3.05) is 0 Å². The van der Waals surface area contributed by atoms with Crippen LogP contribution in [0, 0.1) is 5.82 Å². The first-order valence-corrected chi connectivity index (χ1v) is 9.51. The Bertz CT molecular complexity index is 802. The van der Waals surface area contributed by atoms with E-state index in [4.69, 9.17) is 4.74 Å². The van der Waals surface area contributed by atoms with Crippen molar-refractivity contribution >= 4 is 0 Å². The topological polar surface area (TPSA) is 27.1 Å². The fraction of sp³-hybridized carbons (Fsp3) is 0.348. The van der Waals surface area contributed by atoms with Gasteiger partial charge >= 0.3 is 0 Å². The summed E-state index contributed by atoms with van der Waals surface area (Å²) in [5, 5.41) is 0. The van der Waals surface area contributed by atoms with Crippen molar-refractivity contribution in [3.63, 3.8) is 0 Å². The van der Waals surface area contributed by atoms with E-state index >= 15 is 0 Å². The minimum absolute atomic E-state index is 0.0351. The molecule has 0 aliphatic carbocycles. The van der Waals surface area contributed by atoms with Crippen molar-refractivity contribution < 1.29 is 9.13 Å². The highest BCUT2D eigenvalue weighted by molar-refractivity contribution is 5.18. The van der Waals surface area contributed by atoms with E-state index in [0.29, 0.717) is 0 Å². The Hall–Kier alpha value is -2.46. The summed E-state index contributed by atoms with van der Waals surface area (Å²) in [5.74, 6) is -0.202. The molecule has 0 amide bonds. The van der Waals surface area contributed by atoms with Crippen LogP contribution < -0.4 is 0 Å². The van der Waals surface area contributed by atoms with Crippen LogP contribution >= 0.6 is 0 Å². The number of nitrogens with zero attached hydrogens (tertiary/aromatic N) is 2. The van der Waals surface area contributed by atoms with Crippen LogP contribution in [0.5, 0.6) is 0 Å². The molecular weight excluding hydrogens is 339 g/mol. The number of aryl methyl sites for hydroxylation is 1. The zero-order valence-corrected chi connectivity index (χ0v) is 16.0. The molecule has 0 saturated carbocycles. The van der Waals surface area contributed by atoms with Crippen LogP contribution in [0.4, 0.5) is 4.39 Å². The Balaban J connectivity index is 1.77. The lowest BCUT2D eigenvalue weighted by Crippen LogP contribution is -2.36. The molecule has 142 valence electrons. The Kier molecular flexibility index (Phi) is 6.40. The van der Waals surface area contributed by atoms with Gasteiger partial charge in [0.15, 0.2) is 0 Å². The summed E-state index contributed by atoms with van der Waals surface area (Å²) in [6.45, 7) is 5.02. The zero-order chi connectivity index (χ0) is 19.1. The highest BCUT2D eigenvalue weighted by Crippen LogP contribution is 2.31. The quantitative estimate of drug-likeness (QED) is 0.494. The summed E-state index contributed by atoms with van der Waals surface area (Å²) in [4.78, 5) is 4.16. The van der Waals surface area contributed by atoms with Crippen LogP contribution in [-0.2, 0) is 17.7 Å². The molecular formula is C23H27FN2O. The monoisotopic (exact) mass is 366 g/mol. The summed E-state index contributed by atoms with van der Waals surface area (Å²) in [6, 6.07) is 17.1. The van der Waals surface area contributed by atoms with Crippen molar-refractivity contribution in [2.45, 2.75) is 51.4 Å². The van der Waals surface area contributed by atoms with Gasteiger partial charge < -0.3 is 9.30 Å². The molecule has 2 unspecified atom stereocenters. The van der Waals surface area contributed by atoms with E-state index in [-0.39, 0.29) is 17.5 Å². The van der Waals surface area contributed by atoms with Crippen LogP contribution in [0.25, 0.3) is 0 Å². The van der Waals surface area contributed by atoms with Crippen LogP contribution in [0.3, 0.4) is 0 Å². The fourth-order valence-corrected chi connectivity index (χ4v) is 3.40. The number of imidazole rings is 1. The number of benzene rings is 2. The first kappa shape index (κ1) is 19.3.